The Morgan fingerprint density at radius 1 is 1.29 bits per heavy atom. The summed E-state index contributed by atoms with van der Waals surface area (Å²) in [6.45, 7) is 11.2. The first-order chi connectivity index (χ1) is 11.7. The van der Waals surface area contributed by atoms with Crippen LogP contribution < -0.4 is 10.6 Å². The van der Waals surface area contributed by atoms with Crippen molar-refractivity contribution in [3.05, 3.63) is 11.6 Å². The smallest absolute Gasteiger partial charge is 0.191 e. The van der Waals surface area contributed by atoms with Crippen LogP contribution in [0.3, 0.4) is 0 Å². The molecule has 1 aliphatic rings. The van der Waals surface area contributed by atoms with Crippen LogP contribution in [0.15, 0.2) is 4.99 Å². The highest BCUT2D eigenvalue weighted by molar-refractivity contribution is 5.79. The van der Waals surface area contributed by atoms with Gasteiger partial charge >= 0.3 is 0 Å². The molecular weight excluding hydrogens is 302 g/mol. The van der Waals surface area contributed by atoms with Gasteiger partial charge in [0, 0.05) is 26.2 Å². The van der Waals surface area contributed by atoms with Crippen molar-refractivity contribution in [1.82, 2.24) is 30.3 Å². The van der Waals surface area contributed by atoms with Crippen molar-refractivity contribution < 1.29 is 0 Å². The van der Waals surface area contributed by atoms with E-state index in [0.29, 0.717) is 12.6 Å². The molecule has 0 saturated carbocycles. The average molecular weight is 336 g/mol. The predicted octanol–water partition coefficient (Wildman–Crippen LogP) is 1.44. The van der Waals surface area contributed by atoms with E-state index in [0.717, 1.165) is 43.7 Å². The maximum Gasteiger partial charge on any atom is 0.191 e. The molecule has 1 aliphatic heterocycles. The van der Waals surface area contributed by atoms with Gasteiger partial charge in [0.05, 0.1) is 0 Å². The number of unbranched alkanes of at least 4 members (excludes halogenated alkanes) is 1. The molecule has 1 aromatic heterocycles. The van der Waals surface area contributed by atoms with Crippen LogP contribution >= 0.6 is 0 Å². The topological polar surface area (TPSA) is 70.4 Å². The van der Waals surface area contributed by atoms with Crippen LogP contribution in [0.25, 0.3) is 0 Å². The van der Waals surface area contributed by atoms with E-state index in [1.165, 1.54) is 25.8 Å². The summed E-state index contributed by atoms with van der Waals surface area (Å²) in [6, 6.07) is 0.616. The van der Waals surface area contributed by atoms with Gasteiger partial charge in [-0.15, -0.1) is 10.2 Å². The third-order valence-corrected chi connectivity index (χ3v) is 4.79. The average Bonchev–Trinajstić information content (AvgIpc) is 3.17. The number of hydrogen-bond acceptors (Lipinski definition) is 4. The van der Waals surface area contributed by atoms with E-state index < -0.39 is 0 Å². The highest BCUT2D eigenvalue weighted by Gasteiger charge is 2.22. The molecule has 1 fully saturated rings. The summed E-state index contributed by atoms with van der Waals surface area (Å²) in [5.74, 6) is 2.69. The Morgan fingerprint density at radius 3 is 2.79 bits per heavy atom. The summed E-state index contributed by atoms with van der Waals surface area (Å²) in [5, 5.41) is 15.2. The number of rotatable bonds is 8. The van der Waals surface area contributed by atoms with Crippen LogP contribution in [0, 0.1) is 6.92 Å². The van der Waals surface area contributed by atoms with Gasteiger partial charge in [-0.1, -0.05) is 20.3 Å². The zero-order chi connectivity index (χ0) is 17.4. The van der Waals surface area contributed by atoms with E-state index in [9.17, 15) is 0 Å². The summed E-state index contributed by atoms with van der Waals surface area (Å²) in [4.78, 5) is 7.25. The lowest BCUT2D eigenvalue weighted by atomic mass is 10.2. The predicted molar refractivity (Wildman–Crippen MR) is 98.1 cm³/mol. The molecule has 1 aromatic rings. The number of guanidine groups is 1. The second kappa shape index (κ2) is 9.61. The number of likely N-dealkylation sites (N-methyl/N-ethyl adjacent to an activating group) is 1. The normalized spacial score (nSPS) is 19.0. The highest BCUT2D eigenvalue weighted by atomic mass is 15.3. The molecule has 0 radical (unpaired) electrons. The molecule has 1 atom stereocenters. The molecule has 0 bridgehead atoms. The maximum absolute atomic E-state index is 4.70. The minimum atomic E-state index is 0.543. The molecular formula is C17H33N7. The molecule has 2 N–H and O–H groups in total. The lowest BCUT2D eigenvalue weighted by Gasteiger charge is -2.24. The van der Waals surface area contributed by atoms with Crippen LogP contribution in [0.2, 0.25) is 0 Å². The molecule has 1 unspecified atom stereocenters. The quantitative estimate of drug-likeness (QED) is 0.427. The lowest BCUT2D eigenvalue weighted by molar-refractivity contribution is 0.267. The molecule has 136 valence electrons. The maximum atomic E-state index is 4.70. The third kappa shape index (κ3) is 5.19. The van der Waals surface area contributed by atoms with Crippen LogP contribution in [-0.2, 0) is 13.6 Å². The van der Waals surface area contributed by atoms with E-state index >= 15 is 0 Å². The first-order valence-electron chi connectivity index (χ1n) is 9.26. The van der Waals surface area contributed by atoms with E-state index in [2.05, 4.69) is 39.6 Å². The van der Waals surface area contributed by atoms with E-state index in [-0.39, 0.29) is 0 Å². The van der Waals surface area contributed by atoms with E-state index in [1.54, 1.807) is 0 Å². The highest BCUT2D eigenvalue weighted by Crippen LogP contribution is 2.15. The second-order valence-electron chi connectivity index (χ2n) is 6.47. The molecule has 0 spiro atoms. The minimum Gasteiger partial charge on any atom is -0.356 e. The van der Waals surface area contributed by atoms with Crippen molar-refractivity contribution in [2.75, 3.05) is 26.2 Å². The van der Waals surface area contributed by atoms with Crippen molar-refractivity contribution in [1.29, 1.82) is 0 Å². The number of aryl methyl sites for hydroxylation is 1. The molecule has 0 aliphatic carbocycles. The molecule has 24 heavy (non-hydrogen) atoms. The number of nitrogens with zero attached hydrogens (tertiary/aromatic N) is 5. The van der Waals surface area contributed by atoms with Crippen molar-refractivity contribution in [3.63, 3.8) is 0 Å². The van der Waals surface area contributed by atoms with Crippen molar-refractivity contribution >= 4 is 5.96 Å². The number of nitrogens with one attached hydrogen (secondary N) is 2. The summed E-state index contributed by atoms with van der Waals surface area (Å²) in [7, 11) is 1.98. The van der Waals surface area contributed by atoms with Gasteiger partial charge in [0.1, 0.15) is 12.4 Å². The Kier molecular flexibility index (Phi) is 7.49. The summed E-state index contributed by atoms with van der Waals surface area (Å²) in [6.07, 6.45) is 4.89. The number of aromatic nitrogens is 3. The van der Waals surface area contributed by atoms with Crippen molar-refractivity contribution in [2.24, 2.45) is 12.0 Å². The van der Waals surface area contributed by atoms with Gasteiger partial charge in [-0.3, -0.25) is 4.90 Å². The monoisotopic (exact) mass is 335 g/mol. The third-order valence-electron chi connectivity index (χ3n) is 4.79. The van der Waals surface area contributed by atoms with Gasteiger partial charge in [-0.25, -0.2) is 4.99 Å². The van der Waals surface area contributed by atoms with Crippen molar-refractivity contribution in [3.8, 4) is 0 Å². The second-order valence-corrected chi connectivity index (χ2v) is 6.47. The lowest BCUT2D eigenvalue weighted by Crippen LogP contribution is -2.45. The van der Waals surface area contributed by atoms with Gasteiger partial charge < -0.3 is 15.2 Å². The van der Waals surface area contributed by atoms with Gasteiger partial charge in [0.25, 0.3) is 0 Å². The Labute approximate surface area is 145 Å². The first kappa shape index (κ1) is 18.7. The van der Waals surface area contributed by atoms with Crippen LogP contribution in [-0.4, -0.2) is 57.8 Å². The molecule has 2 heterocycles. The first-order valence-corrected chi connectivity index (χ1v) is 9.26. The van der Waals surface area contributed by atoms with Gasteiger partial charge in [-0.05, 0) is 39.3 Å². The zero-order valence-corrected chi connectivity index (χ0v) is 15.7. The fourth-order valence-corrected chi connectivity index (χ4v) is 3.05. The number of aliphatic imine (C=N–C) groups is 1. The van der Waals surface area contributed by atoms with E-state index in [1.807, 2.05) is 18.5 Å². The number of likely N-dealkylation sites (tertiary alicyclic amines) is 1. The molecule has 1 saturated heterocycles. The Morgan fingerprint density at radius 2 is 2.12 bits per heavy atom. The molecule has 0 aromatic carbocycles. The summed E-state index contributed by atoms with van der Waals surface area (Å²) in [5.41, 5.74) is 0. The SMILES string of the molecule is CCCCNC(=NCc1nnc(C)n1C)NCC1CCCN1CC. The van der Waals surface area contributed by atoms with Crippen LogP contribution in [0.5, 0.6) is 0 Å². The Balaban J connectivity index is 1.92. The van der Waals surface area contributed by atoms with Crippen LogP contribution in [0.4, 0.5) is 0 Å². The van der Waals surface area contributed by atoms with Crippen molar-refractivity contribution in [2.45, 2.75) is 59.0 Å². The molecule has 7 nitrogen and oxygen atoms in total. The summed E-state index contributed by atoms with van der Waals surface area (Å²) < 4.78 is 1.99. The fraction of sp³-hybridized carbons (Fsp3) is 0.824. The standard InChI is InChI=1S/C17H33N7/c1-5-7-10-18-17(19-12-15-9-8-11-24(15)6-2)20-13-16-22-21-14(3)23(16)4/h15H,5-13H2,1-4H3,(H2,18,19,20). The largest absolute Gasteiger partial charge is 0.356 e. The Bertz CT molecular complexity index is 523. The molecule has 7 heteroatoms. The molecule has 0 amide bonds. The van der Waals surface area contributed by atoms with Crippen LogP contribution in [0.1, 0.15) is 51.2 Å². The van der Waals surface area contributed by atoms with Gasteiger partial charge in [0.2, 0.25) is 0 Å². The van der Waals surface area contributed by atoms with Gasteiger partial charge in [0.15, 0.2) is 11.8 Å². The zero-order valence-electron chi connectivity index (χ0n) is 15.7. The molecule has 2 rings (SSSR count). The fourth-order valence-electron chi connectivity index (χ4n) is 3.05. The minimum absolute atomic E-state index is 0.543. The number of hydrogen-bond donors (Lipinski definition) is 2. The van der Waals surface area contributed by atoms with Gasteiger partial charge in [-0.2, -0.15) is 0 Å². The Hall–Kier alpha value is -1.63. The summed E-state index contributed by atoms with van der Waals surface area (Å²) >= 11 is 0. The van der Waals surface area contributed by atoms with E-state index in [4.69, 9.17) is 4.99 Å².